The van der Waals surface area contributed by atoms with Crippen molar-refractivity contribution in [3.8, 4) is 0 Å². The summed E-state index contributed by atoms with van der Waals surface area (Å²) in [7, 11) is 4.56. The molecule has 0 radical (unpaired) electrons. The van der Waals surface area contributed by atoms with Crippen LogP contribution in [0.5, 0.6) is 0 Å². The van der Waals surface area contributed by atoms with E-state index in [-0.39, 0.29) is 39.0 Å². The molecule has 0 aliphatic heterocycles. The van der Waals surface area contributed by atoms with E-state index >= 15 is 0 Å². The molecule has 248 valence electrons. The SMILES string of the molecule is CCOC(=O)C(C)(COC)COC(C)=O.CCOC(C)OC(=O)C(C)(COC)COC(C)=O.COCCCOC(C)=O. The number of hydrogen-bond acceptors (Lipinski definition) is 14. The van der Waals surface area contributed by atoms with E-state index in [1.807, 2.05) is 0 Å². The van der Waals surface area contributed by atoms with Crippen LogP contribution >= 0.6 is 0 Å². The number of rotatable bonds is 18. The molecule has 0 saturated carbocycles. The van der Waals surface area contributed by atoms with Crippen molar-refractivity contribution in [1.29, 1.82) is 0 Å². The molecule has 14 heteroatoms. The number of carbonyl (C=O) groups excluding carboxylic acids is 5. The molecule has 0 aliphatic carbocycles. The number of carbonyl (C=O) groups is 5. The summed E-state index contributed by atoms with van der Waals surface area (Å²) in [5, 5.41) is 0. The van der Waals surface area contributed by atoms with Crippen molar-refractivity contribution in [2.24, 2.45) is 10.8 Å². The van der Waals surface area contributed by atoms with Gasteiger partial charge in [-0.15, -0.1) is 0 Å². The molecule has 0 bridgehead atoms. The molecule has 0 N–H and O–H groups in total. The van der Waals surface area contributed by atoms with E-state index in [1.54, 1.807) is 41.7 Å². The number of hydrogen-bond donors (Lipinski definition) is 0. The van der Waals surface area contributed by atoms with Crippen LogP contribution in [-0.2, 0) is 66.6 Å². The minimum Gasteiger partial charge on any atom is -0.466 e. The Bertz CT molecular complexity index is 772. The van der Waals surface area contributed by atoms with Crippen LogP contribution in [0.3, 0.4) is 0 Å². The van der Waals surface area contributed by atoms with Gasteiger partial charge in [-0.1, -0.05) is 0 Å². The Kier molecular flexibility index (Phi) is 26.9. The third-order valence-electron chi connectivity index (χ3n) is 4.85. The van der Waals surface area contributed by atoms with Crippen LogP contribution in [0.2, 0.25) is 0 Å². The Morgan fingerprint density at radius 1 is 0.595 bits per heavy atom. The van der Waals surface area contributed by atoms with Gasteiger partial charge in [0.1, 0.15) is 24.0 Å². The Labute approximate surface area is 249 Å². The molecule has 0 heterocycles. The molecule has 0 rings (SSSR count). The molecule has 14 nitrogen and oxygen atoms in total. The van der Waals surface area contributed by atoms with Crippen molar-refractivity contribution >= 4 is 29.8 Å². The summed E-state index contributed by atoms with van der Waals surface area (Å²) in [4.78, 5) is 55.2. The van der Waals surface area contributed by atoms with Gasteiger partial charge in [-0.2, -0.15) is 0 Å². The van der Waals surface area contributed by atoms with Crippen molar-refractivity contribution < 1.29 is 66.6 Å². The fourth-order valence-corrected chi connectivity index (χ4v) is 2.76. The number of ether oxygens (including phenoxy) is 9. The summed E-state index contributed by atoms with van der Waals surface area (Å²) >= 11 is 0. The Morgan fingerprint density at radius 2 is 1.05 bits per heavy atom. The van der Waals surface area contributed by atoms with Crippen LogP contribution in [0.25, 0.3) is 0 Å². The zero-order valence-electron chi connectivity index (χ0n) is 27.2. The monoisotopic (exact) mass is 612 g/mol. The Balaban J connectivity index is -0.000000573. The standard InChI is InChI=1S/C12H22O6.C10H18O5.C6H12O3/c1-6-16-10(3)18-11(14)12(4,7-15-5)8-17-9(2)13;1-5-14-9(12)10(3,6-13-4)7-15-8(2)11;1-6(7)9-5-3-4-8-2/h10H,6-8H2,1-5H3;5-7H2,1-4H3;3-5H2,1-2H3. The first kappa shape index (κ1) is 43.6. The second kappa shape index (κ2) is 25.9. The van der Waals surface area contributed by atoms with Gasteiger partial charge in [0.25, 0.3) is 0 Å². The quantitative estimate of drug-likeness (QED) is 0.0957. The van der Waals surface area contributed by atoms with E-state index in [2.05, 4.69) is 4.74 Å². The summed E-state index contributed by atoms with van der Waals surface area (Å²) in [6, 6.07) is 0. The maximum absolute atomic E-state index is 12.0. The highest BCUT2D eigenvalue weighted by Gasteiger charge is 2.38. The lowest BCUT2D eigenvalue weighted by Gasteiger charge is -2.27. The average molecular weight is 613 g/mol. The molecule has 3 unspecified atom stereocenters. The largest absolute Gasteiger partial charge is 0.466 e. The van der Waals surface area contributed by atoms with Crippen molar-refractivity contribution in [1.82, 2.24) is 0 Å². The van der Waals surface area contributed by atoms with Gasteiger partial charge in [-0.05, 0) is 34.6 Å². The highest BCUT2D eigenvalue weighted by molar-refractivity contribution is 5.78. The lowest BCUT2D eigenvalue weighted by Crippen LogP contribution is -2.41. The highest BCUT2D eigenvalue weighted by atomic mass is 16.7. The van der Waals surface area contributed by atoms with E-state index in [1.165, 1.54) is 35.0 Å². The van der Waals surface area contributed by atoms with Gasteiger partial charge in [0.2, 0.25) is 0 Å². The molecular weight excluding hydrogens is 560 g/mol. The Morgan fingerprint density at radius 3 is 1.40 bits per heavy atom. The zero-order valence-corrected chi connectivity index (χ0v) is 27.2. The summed E-state index contributed by atoms with van der Waals surface area (Å²) in [5.41, 5.74) is -1.97. The molecule has 0 fully saturated rings. The zero-order chi connectivity index (χ0) is 33.2. The van der Waals surface area contributed by atoms with Gasteiger partial charge in [-0.3, -0.25) is 24.0 Å². The molecule has 0 spiro atoms. The van der Waals surface area contributed by atoms with Crippen LogP contribution in [0, 0.1) is 10.8 Å². The van der Waals surface area contributed by atoms with Crippen molar-refractivity contribution in [3.05, 3.63) is 0 Å². The smallest absolute Gasteiger partial charge is 0.319 e. The fourth-order valence-electron chi connectivity index (χ4n) is 2.76. The molecule has 0 aliphatic rings. The van der Waals surface area contributed by atoms with E-state index in [0.717, 1.165) is 6.42 Å². The third kappa shape index (κ3) is 23.9. The Hall–Kier alpha value is -2.81. The fraction of sp³-hybridized carbons (Fsp3) is 0.821. The second-order valence-corrected chi connectivity index (χ2v) is 9.38. The van der Waals surface area contributed by atoms with Crippen molar-refractivity contribution in [2.45, 2.75) is 68.1 Å². The molecule has 0 saturated heterocycles. The van der Waals surface area contributed by atoms with Crippen molar-refractivity contribution in [2.75, 3.05) is 74.2 Å². The van der Waals surface area contributed by atoms with Gasteiger partial charge < -0.3 is 42.6 Å². The van der Waals surface area contributed by atoms with Crippen molar-refractivity contribution in [3.63, 3.8) is 0 Å². The predicted molar refractivity (Wildman–Crippen MR) is 150 cm³/mol. The lowest BCUT2D eigenvalue weighted by molar-refractivity contribution is -0.191. The maximum atomic E-state index is 12.0. The van der Waals surface area contributed by atoms with Gasteiger partial charge in [0.05, 0.1) is 26.4 Å². The lowest BCUT2D eigenvalue weighted by atomic mass is 9.93. The minimum absolute atomic E-state index is 0.0327. The normalized spacial score (nSPS) is 13.7. The molecular formula is C28H52O14. The second-order valence-electron chi connectivity index (χ2n) is 9.38. The van der Waals surface area contributed by atoms with E-state index in [0.29, 0.717) is 19.8 Å². The van der Waals surface area contributed by atoms with Crippen LogP contribution in [-0.4, -0.2) is 110 Å². The average Bonchev–Trinajstić information content (AvgIpc) is 2.90. The first-order valence-corrected chi connectivity index (χ1v) is 13.5. The van der Waals surface area contributed by atoms with E-state index in [4.69, 9.17) is 37.9 Å². The van der Waals surface area contributed by atoms with Crippen LogP contribution in [0.1, 0.15) is 61.8 Å². The van der Waals surface area contributed by atoms with E-state index in [9.17, 15) is 24.0 Å². The molecule has 0 aromatic carbocycles. The molecule has 0 amide bonds. The van der Waals surface area contributed by atoms with Crippen LogP contribution in [0.4, 0.5) is 0 Å². The van der Waals surface area contributed by atoms with Crippen LogP contribution < -0.4 is 0 Å². The van der Waals surface area contributed by atoms with Crippen LogP contribution in [0.15, 0.2) is 0 Å². The third-order valence-corrected chi connectivity index (χ3v) is 4.85. The molecule has 0 aromatic rings. The summed E-state index contributed by atoms with van der Waals surface area (Å²) in [6.45, 7) is 14.3. The van der Waals surface area contributed by atoms with Gasteiger partial charge >= 0.3 is 29.8 Å². The number of esters is 5. The van der Waals surface area contributed by atoms with Gasteiger partial charge in [0.15, 0.2) is 6.29 Å². The predicted octanol–water partition coefficient (Wildman–Crippen LogP) is 2.48. The summed E-state index contributed by atoms with van der Waals surface area (Å²) in [5.74, 6) is -2.06. The maximum Gasteiger partial charge on any atom is 0.319 e. The van der Waals surface area contributed by atoms with E-state index < -0.39 is 41.0 Å². The van der Waals surface area contributed by atoms with Gasteiger partial charge in [0, 0.05) is 61.7 Å². The summed E-state index contributed by atoms with van der Waals surface area (Å²) < 4.78 is 44.0. The highest BCUT2D eigenvalue weighted by Crippen LogP contribution is 2.21. The summed E-state index contributed by atoms with van der Waals surface area (Å²) in [6.07, 6.45) is 0.131. The minimum atomic E-state index is -1.04. The molecule has 3 atom stereocenters. The topological polar surface area (TPSA) is 168 Å². The first-order chi connectivity index (χ1) is 19.6. The number of methoxy groups -OCH3 is 3. The first-order valence-electron chi connectivity index (χ1n) is 13.5. The molecule has 42 heavy (non-hydrogen) atoms. The molecule has 0 aromatic heterocycles. The van der Waals surface area contributed by atoms with Gasteiger partial charge in [-0.25, -0.2) is 0 Å².